The van der Waals surface area contributed by atoms with E-state index in [2.05, 4.69) is 10.3 Å². The van der Waals surface area contributed by atoms with Gasteiger partial charge in [0.2, 0.25) is 0 Å². The van der Waals surface area contributed by atoms with Crippen molar-refractivity contribution in [1.82, 2.24) is 4.98 Å². The van der Waals surface area contributed by atoms with Crippen molar-refractivity contribution in [1.29, 1.82) is 0 Å². The van der Waals surface area contributed by atoms with Crippen LogP contribution in [0, 0.1) is 0 Å². The Hall–Kier alpha value is -2.01. The van der Waals surface area contributed by atoms with E-state index in [9.17, 15) is 0 Å². The van der Waals surface area contributed by atoms with Gasteiger partial charge in [0.15, 0.2) is 0 Å². The number of hydrogen-bond donors (Lipinski definition) is 2. The van der Waals surface area contributed by atoms with Crippen LogP contribution < -0.4 is 16.0 Å². The highest BCUT2D eigenvalue weighted by atomic mass is 16.4. The van der Waals surface area contributed by atoms with Crippen molar-refractivity contribution >= 4 is 17.4 Å². The number of rotatable bonds is 4. The predicted octanol–water partition coefficient (Wildman–Crippen LogP) is 1.94. The van der Waals surface area contributed by atoms with E-state index in [1.807, 2.05) is 43.3 Å². The van der Waals surface area contributed by atoms with Gasteiger partial charge in [-0.25, -0.2) is 0 Å². The molecule has 17 heavy (non-hydrogen) atoms. The lowest BCUT2D eigenvalue weighted by atomic mass is 10.2. The molecule has 0 amide bonds. The third kappa shape index (κ3) is 2.76. The monoisotopic (exact) mass is 232 g/mol. The van der Waals surface area contributed by atoms with E-state index in [0.29, 0.717) is 12.6 Å². The predicted molar refractivity (Wildman–Crippen MR) is 68.4 cm³/mol. The Labute approximate surface area is 100 Å². The second-order valence-corrected chi connectivity index (χ2v) is 3.91. The number of nitrogens with one attached hydrogen (secondary N) is 1. The van der Waals surface area contributed by atoms with Crippen LogP contribution in [-0.4, -0.2) is 19.1 Å². The van der Waals surface area contributed by atoms with E-state index in [4.69, 9.17) is 10.2 Å². The van der Waals surface area contributed by atoms with Gasteiger partial charge in [-0.1, -0.05) is 0 Å². The molecular formula is C12H16N4O. The molecule has 0 spiro atoms. The molecular weight excluding hydrogens is 216 g/mol. The number of aromatic nitrogens is 1. The number of oxazole rings is 1. The maximum Gasteiger partial charge on any atom is 0.299 e. The van der Waals surface area contributed by atoms with E-state index >= 15 is 0 Å². The van der Waals surface area contributed by atoms with Gasteiger partial charge in [0, 0.05) is 32.0 Å². The summed E-state index contributed by atoms with van der Waals surface area (Å²) < 4.78 is 5.22. The molecule has 0 bridgehead atoms. The molecule has 0 aliphatic carbocycles. The minimum Gasteiger partial charge on any atom is -0.432 e. The summed E-state index contributed by atoms with van der Waals surface area (Å²) in [5, 5.41) is 3.07. The van der Waals surface area contributed by atoms with Crippen molar-refractivity contribution in [2.24, 2.45) is 5.73 Å². The molecule has 5 nitrogen and oxygen atoms in total. The maximum atomic E-state index is 5.45. The van der Waals surface area contributed by atoms with Gasteiger partial charge in [-0.2, -0.15) is 4.98 Å². The summed E-state index contributed by atoms with van der Waals surface area (Å²) in [4.78, 5) is 6.21. The highest BCUT2D eigenvalue weighted by molar-refractivity contribution is 5.58. The molecule has 0 aliphatic rings. The molecule has 2 aromatic rings. The zero-order valence-corrected chi connectivity index (χ0v) is 9.97. The van der Waals surface area contributed by atoms with E-state index in [1.165, 1.54) is 0 Å². The van der Waals surface area contributed by atoms with Gasteiger partial charge in [-0.3, -0.25) is 0 Å². The van der Waals surface area contributed by atoms with Gasteiger partial charge in [0.05, 0.1) is 5.69 Å². The van der Waals surface area contributed by atoms with E-state index < -0.39 is 0 Å². The van der Waals surface area contributed by atoms with Crippen LogP contribution >= 0.6 is 0 Å². The Balaban J connectivity index is 2.08. The molecule has 0 saturated carbocycles. The molecule has 0 aliphatic heterocycles. The number of benzene rings is 1. The molecule has 0 saturated heterocycles. The highest BCUT2D eigenvalue weighted by Crippen LogP contribution is 2.19. The van der Waals surface area contributed by atoms with Crippen LogP contribution in [0.1, 0.15) is 5.69 Å². The quantitative estimate of drug-likeness (QED) is 0.843. The van der Waals surface area contributed by atoms with Crippen molar-refractivity contribution in [2.75, 3.05) is 24.3 Å². The smallest absolute Gasteiger partial charge is 0.299 e. The van der Waals surface area contributed by atoms with Crippen LogP contribution in [-0.2, 0) is 6.54 Å². The lowest BCUT2D eigenvalue weighted by molar-refractivity contribution is 0.576. The van der Waals surface area contributed by atoms with Crippen LogP contribution in [0.4, 0.5) is 17.4 Å². The van der Waals surface area contributed by atoms with Crippen LogP contribution in [0.2, 0.25) is 0 Å². The van der Waals surface area contributed by atoms with E-state index in [-0.39, 0.29) is 0 Å². The highest BCUT2D eigenvalue weighted by Gasteiger charge is 2.03. The first kappa shape index (κ1) is 11.5. The summed E-state index contributed by atoms with van der Waals surface area (Å²) in [6, 6.07) is 8.45. The SMILES string of the molecule is CN(C)c1ccc(Nc2nc(CN)co2)cc1. The Morgan fingerprint density at radius 1 is 1.29 bits per heavy atom. The standard InChI is InChI=1S/C12H16N4O/c1-16(2)11-5-3-9(4-6-11)14-12-15-10(7-13)8-17-12/h3-6,8H,7,13H2,1-2H3,(H,14,15). The molecule has 0 radical (unpaired) electrons. The average Bonchev–Trinajstić information content (AvgIpc) is 2.77. The number of anilines is 3. The molecule has 5 heteroatoms. The van der Waals surface area contributed by atoms with Crippen LogP contribution in [0.15, 0.2) is 34.9 Å². The molecule has 0 unspecified atom stereocenters. The summed E-state index contributed by atoms with van der Waals surface area (Å²) in [6.45, 7) is 0.380. The van der Waals surface area contributed by atoms with Crippen molar-refractivity contribution in [3.8, 4) is 0 Å². The first-order valence-electron chi connectivity index (χ1n) is 5.38. The van der Waals surface area contributed by atoms with Crippen LogP contribution in [0.5, 0.6) is 0 Å². The molecule has 1 heterocycles. The molecule has 1 aromatic carbocycles. The lowest BCUT2D eigenvalue weighted by Gasteiger charge is -2.12. The lowest BCUT2D eigenvalue weighted by Crippen LogP contribution is -2.08. The molecule has 0 atom stereocenters. The molecule has 1 aromatic heterocycles. The molecule has 90 valence electrons. The first-order valence-corrected chi connectivity index (χ1v) is 5.38. The van der Waals surface area contributed by atoms with Gasteiger partial charge in [0.1, 0.15) is 6.26 Å². The second kappa shape index (κ2) is 4.88. The summed E-state index contributed by atoms with van der Waals surface area (Å²) in [5.41, 5.74) is 8.26. The van der Waals surface area contributed by atoms with Gasteiger partial charge >= 0.3 is 0 Å². The average molecular weight is 232 g/mol. The van der Waals surface area contributed by atoms with Crippen molar-refractivity contribution in [3.05, 3.63) is 36.2 Å². The van der Waals surface area contributed by atoms with Crippen LogP contribution in [0.25, 0.3) is 0 Å². The zero-order chi connectivity index (χ0) is 12.3. The number of nitrogens with two attached hydrogens (primary N) is 1. The number of nitrogens with zero attached hydrogens (tertiary/aromatic N) is 2. The fourth-order valence-electron chi connectivity index (χ4n) is 1.42. The fraction of sp³-hybridized carbons (Fsp3) is 0.250. The number of hydrogen-bond acceptors (Lipinski definition) is 5. The fourth-order valence-corrected chi connectivity index (χ4v) is 1.42. The largest absolute Gasteiger partial charge is 0.432 e. The van der Waals surface area contributed by atoms with Gasteiger partial charge in [-0.15, -0.1) is 0 Å². The molecule has 0 fully saturated rings. The van der Waals surface area contributed by atoms with Gasteiger partial charge in [-0.05, 0) is 24.3 Å². The Morgan fingerprint density at radius 3 is 2.53 bits per heavy atom. The normalized spacial score (nSPS) is 10.3. The van der Waals surface area contributed by atoms with Gasteiger partial charge in [0.25, 0.3) is 6.01 Å². The molecule has 2 rings (SSSR count). The maximum absolute atomic E-state index is 5.45. The van der Waals surface area contributed by atoms with Gasteiger partial charge < -0.3 is 20.4 Å². The Bertz CT molecular complexity index is 476. The Kier molecular flexibility index (Phi) is 3.30. The van der Waals surface area contributed by atoms with Crippen LogP contribution in [0.3, 0.4) is 0 Å². The first-order chi connectivity index (χ1) is 8.19. The Morgan fingerprint density at radius 2 is 2.00 bits per heavy atom. The van der Waals surface area contributed by atoms with Crippen molar-refractivity contribution < 1.29 is 4.42 Å². The summed E-state index contributed by atoms with van der Waals surface area (Å²) in [7, 11) is 4.01. The van der Waals surface area contributed by atoms with E-state index in [1.54, 1.807) is 6.26 Å². The summed E-state index contributed by atoms with van der Waals surface area (Å²) in [5.74, 6) is 0. The third-order valence-electron chi connectivity index (χ3n) is 2.40. The van der Waals surface area contributed by atoms with E-state index in [0.717, 1.165) is 17.1 Å². The summed E-state index contributed by atoms with van der Waals surface area (Å²) >= 11 is 0. The minimum atomic E-state index is 0.380. The zero-order valence-electron chi connectivity index (χ0n) is 9.97. The third-order valence-corrected chi connectivity index (χ3v) is 2.40. The van der Waals surface area contributed by atoms with Crippen molar-refractivity contribution in [3.63, 3.8) is 0 Å². The topological polar surface area (TPSA) is 67.3 Å². The van der Waals surface area contributed by atoms with Crippen molar-refractivity contribution in [2.45, 2.75) is 6.54 Å². The second-order valence-electron chi connectivity index (χ2n) is 3.91. The molecule has 3 N–H and O–H groups in total. The minimum absolute atomic E-state index is 0.380. The summed E-state index contributed by atoms with van der Waals surface area (Å²) in [6.07, 6.45) is 1.55.